The zero-order chi connectivity index (χ0) is 21.8. The topological polar surface area (TPSA) is 17.8 Å². The Morgan fingerprint density at radius 1 is 0.455 bits per heavy atom. The average molecular weight is 421 g/mol. The number of hydrogen-bond donors (Lipinski definition) is 0. The van der Waals surface area contributed by atoms with Crippen molar-refractivity contribution >= 4 is 43.4 Å². The molecular weight excluding hydrogens is 400 g/mol. The molecule has 6 aromatic carbocycles. The van der Waals surface area contributed by atoms with Crippen LogP contribution in [-0.4, -0.2) is 9.55 Å². The van der Waals surface area contributed by atoms with E-state index < -0.39 is 0 Å². The molecule has 0 bridgehead atoms. The van der Waals surface area contributed by atoms with Crippen molar-refractivity contribution in [2.75, 3.05) is 0 Å². The smallest absolute Gasteiger partial charge is 0.100 e. The van der Waals surface area contributed by atoms with Crippen molar-refractivity contribution in [3.8, 4) is 16.8 Å². The second-order valence-electron chi connectivity index (χ2n) is 8.51. The van der Waals surface area contributed by atoms with Crippen LogP contribution >= 0.6 is 0 Å². The molecule has 7 aromatic rings. The third-order valence-electron chi connectivity index (χ3n) is 6.66. The van der Waals surface area contributed by atoms with E-state index in [1.165, 1.54) is 43.4 Å². The minimum Gasteiger partial charge on any atom is -0.299 e. The molecule has 0 N–H and O–H groups in total. The van der Waals surface area contributed by atoms with Gasteiger partial charge in [-0.2, -0.15) is 0 Å². The lowest BCUT2D eigenvalue weighted by atomic mass is 9.92. The number of fused-ring (bicyclic) bond motifs is 7. The maximum Gasteiger partial charge on any atom is 0.100 e. The first-order chi connectivity index (χ1) is 16.4. The number of para-hydroxylation sites is 1. The van der Waals surface area contributed by atoms with E-state index in [0.717, 1.165) is 16.7 Å². The number of aromatic nitrogens is 2. The van der Waals surface area contributed by atoms with Crippen LogP contribution in [0.2, 0.25) is 0 Å². The summed E-state index contributed by atoms with van der Waals surface area (Å²) in [7, 11) is 0. The molecule has 1 heterocycles. The molecule has 2 heteroatoms. The van der Waals surface area contributed by atoms with Crippen molar-refractivity contribution in [1.82, 2.24) is 9.55 Å². The number of benzene rings is 6. The highest BCUT2D eigenvalue weighted by molar-refractivity contribution is 6.25. The molecule has 0 fully saturated rings. The van der Waals surface area contributed by atoms with Gasteiger partial charge in [-0.3, -0.25) is 4.57 Å². The van der Waals surface area contributed by atoms with Crippen molar-refractivity contribution in [2.24, 2.45) is 0 Å². The van der Waals surface area contributed by atoms with E-state index in [0.29, 0.717) is 0 Å². The number of imidazole rings is 1. The van der Waals surface area contributed by atoms with Gasteiger partial charge in [0, 0.05) is 5.69 Å². The van der Waals surface area contributed by atoms with E-state index in [9.17, 15) is 0 Å². The van der Waals surface area contributed by atoms with Gasteiger partial charge in [0.05, 0.1) is 11.0 Å². The predicted molar refractivity (Wildman–Crippen MR) is 139 cm³/mol. The molecule has 0 aliphatic carbocycles. The zero-order valence-electron chi connectivity index (χ0n) is 17.9. The maximum absolute atomic E-state index is 4.62. The van der Waals surface area contributed by atoms with E-state index in [1.54, 1.807) is 0 Å². The molecular formula is C31H20N2. The van der Waals surface area contributed by atoms with Crippen LogP contribution in [0.3, 0.4) is 0 Å². The Morgan fingerprint density at radius 2 is 1.00 bits per heavy atom. The number of rotatable bonds is 2. The molecule has 0 amide bonds. The Morgan fingerprint density at radius 3 is 1.70 bits per heavy atom. The second-order valence-corrected chi connectivity index (χ2v) is 8.51. The number of hydrogen-bond acceptors (Lipinski definition) is 1. The Hall–Kier alpha value is -4.43. The summed E-state index contributed by atoms with van der Waals surface area (Å²) in [5, 5.41) is 7.79. The maximum atomic E-state index is 4.62. The molecule has 0 saturated heterocycles. The predicted octanol–water partition coefficient (Wildman–Crippen LogP) is 8.15. The van der Waals surface area contributed by atoms with Crippen molar-refractivity contribution in [3.05, 3.63) is 122 Å². The van der Waals surface area contributed by atoms with Gasteiger partial charge in [0.1, 0.15) is 6.33 Å². The Bertz CT molecular complexity index is 1770. The van der Waals surface area contributed by atoms with Gasteiger partial charge >= 0.3 is 0 Å². The lowest BCUT2D eigenvalue weighted by Gasteiger charge is -2.12. The normalized spacial score (nSPS) is 11.6. The molecule has 0 spiro atoms. The van der Waals surface area contributed by atoms with E-state index in [4.69, 9.17) is 0 Å². The van der Waals surface area contributed by atoms with Crippen molar-refractivity contribution in [3.63, 3.8) is 0 Å². The van der Waals surface area contributed by atoms with Crippen LogP contribution in [0.25, 0.3) is 60.2 Å². The SMILES string of the molecule is c1ccc(-n2cnc3ccc(-c4ccc5c6ccccc6c6ccccc6c5c4)cc32)cc1. The van der Waals surface area contributed by atoms with Gasteiger partial charge in [0.15, 0.2) is 0 Å². The third-order valence-corrected chi connectivity index (χ3v) is 6.66. The summed E-state index contributed by atoms with van der Waals surface area (Å²) >= 11 is 0. The van der Waals surface area contributed by atoms with Gasteiger partial charge in [-0.15, -0.1) is 0 Å². The molecule has 0 aliphatic heterocycles. The van der Waals surface area contributed by atoms with Gasteiger partial charge in [-0.05, 0) is 73.8 Å². The van der Waals surface area contributed by atoms with Crippen LogP contribution in [0.15, 0.2) is 122 Å². The number of nitrogens with zero attached hydrogens (tertiary/aromatic N) is 2. The van der Waals surface area contributed by atoms with Gasteiger partial charge in [0.2, 0.25) is 0 Å². The van der Waals surface area contributed by atoms with Crippen LogP contribution in [0.5, 0.6) is 0 Å². The first-order valence-electron chi connectivity index (χ1n) is 11.2. The highest BCUT2D eigenvalue weighted by Crippen LogP contribution is 2.37. The molecule has 0 saturated carbocycles. The molecule has 0 unspecified atom stereocenters. The second kappa shape index (κ2) is 7.04. The molecule has 7 rings (SSSR count). The summed E-state index contributed by atoms with van der Waals surface area (Å²) in [4.78, 5) is 4.62. The fourth-order valence-corrected chi connectivity index (χ4v) is 5.07. The summed E-state index contributed by atoms with van der Waals surface area (Å²) in [6.07, 6.45) is 1.91. The van der Waals surface area contributed by atoms with Crippen LogP contribution < -0.4 is 0 Å². The van der Waals surface area contributed by atoms with Crippen LogP contribution in [0.4, 0.5) is 0 Å². The van der Waals surface area contributed by atoms with Gasteiger partial charge in [0.25, 0.3) is 0 Å². The highest BCUT2D eigenvalue weighted by atomic mass is 15.0. The van der Waals surface area contributed by atoms with Crippen LogP contribution in [0, 0.1) is 0 Å². The minimum absolute atomic E-state index is 1.000. The standard InChI is InChI=1S/C31H20N2/c1-2-8-23(9-3-1)33-20-32-30-17-15-22(19-31(30)33)21-14-16-28-26-12-5-4-10-24(26)25-11-6-7-13-27(25)29(28)18-21/h1-20H. The lowest BCUT2D eigenvalue weighted by Crippen LogP contribution is -1.91. The molecule has 154 valence electrons. The summed E-state index contributed by atoms with van der Waals surface area (Å²) in [6.45, 7) is 0. The summed E-state index contributed by atoms with van der Waals surface area (Å²) in [5.74, 6) is 0. The molecule has 0 atom stereocenters. The van der Waals surface area contributed by atoms with Gasteiger partial charge in [-0.1, -0.05) is 84.9 Å². The van der Waals surface area contributed by atoms with E-state index >= 15 is 0 Å². The van der Waals surface area contributed by atoms with Crippen LogP contribution in [0.1, 0.15) is 0 Å². The molecule has 1 aromatic heterocycles. The Kier molecular flexibility index (Phi) is 3.88. The Labute approximate surface area is 191 Å². The molecule has 0 radical (unpaired) electrons. The molecule has 0 aliphatic rings. The molecule has 2 nitrogen and oxygen atoms in total. The van der Waals surface area contributed by atoms with Gasteiger partial charge in [-0.25, -0.2) is 4.98 Å². The molecule has 33 heavy (non-hydrogen) atoms. The quantitative estimate of drug-likeness (QED) is 0.258. The third kappa shape index (κ3) is 2.78. The lowest BCUT2D eigenvalue weighted by molar-refractivity contribution is 1.09. The summed E-state index contributed by atoms with van der Waals surface area (Å²) < 4.78 is 2.16. The first kappa shape index (κ1) is 18.2. The Balaban J connectivity index is 1.49. The van der Waals surface area contributed by atoms with E-state index in [2.05, 4.69) is 119 Å². The largest absolute Gasteiger partial charge is 0.299 e. The average Bonchev–Trinajstić information content (AvgIpc) is 3.32. The van der Waals surface area contributed by atoms with Gasteiger partial charge < -0.3 is 0 Å². The van der Waals surface area contributed by atoms with Crippen molar-refractivity contribution < 1.29 is 0 Å². The summed E-state index contributed by atoms with van der Waals surface area (Å²) in [5.41, 5.74) is 5.64. The minimum atomic E-state index is 1.000. The van der Waals surface area contributed by atoms with Crippen LogP contribution in [-0.2, 0) is 0 Å². The van der Waals surface area contributed by atoms with Crippen molar-refractivity contribution in [1.29, 1.82) is 0 Å². The van der Waals surface area contributed by atoms with Crippen molar-refractivity contribution in [2.45, 2.75) is 0 Å². The fraction of sp³-hybridized carbons (Fsp3) is 0. The van der Waals surface area contributed by atoms with E-state index in [-0.39, 0.29) is 0 Å². The summed E-state index contributed by atoms with van der Waals surface area (Å²) in [6, 6.07) is 41.2. The zero-order valence-corrected chi connectivity index (χ0v) is 17.9. The highest BCUT2D eigenvalue weighted by Gasteiger charge is 2.11. The fourth-order valence-electron chi connectivity index (χ4n) is 5.07. The monoisotopic (exact) mass is 420 g/mol. The first-order valence-corrected chi connectivity index (χ1v) is 11.2. The van der Waals surface area contributed by atoms with E-state index in [1.807, 2.05) is 12.4 Å².